The number of likely N-dealkylation sites (tertiary alicyclic amines) is 1. The van der Waals surface area contributed by atoms with Crippen molar-refractivity contribution >= 4 is 17.8 Å². The fraction of sp³-hybridized carbons (Fsp3) is 0.500. The topological polar surface area (TPSA) is 96.4 Å². The monoisotopic (exact) mass is 466 g/mol. The summed E-state index contributed by atoms with van der Waals surface area (Å²) in [6.45, 7) is 4.37. The fourth-order valence-electron chi connectivity index (χ4n) is 5.88. The van der Waals surface area contributed by atoms with Gasteiger partial charge in [0.2, 0.25) is 11.8 Å². The first kappa shape index (κ1) is 22.8. The van der Waals surface area contributed by atoms with Crippen LogP contribution in [0.2, 0.25) is 0 Å². The van der Waals surface area contributed by atoms with Crippen LogP contribution in [0.1, 0.15) is 19.4 Å². The van der Waals surface area contributed by atoms with Gasteiger partial charge in [-0.3, -0.25) is 14.4 Å². The predicted molar refractivity (Wildman–Crippen MR) is 122 cm³/mol. The Morgan fingerprint density at radius 3 is 2.59 bits per heavy atom. The quantitative estimate of drug-likeness (QED) is 0.519. The van der Waals surface area contributed by atoms with E-state index in [1.165, 1.54) is 4.90 Å². The molecule has 0 bridgehead atoms. The lowest BCUT2D eigenvalue weighted by Gasteiger charge is -2.39. The van der Waals surface area contributed by atoms with Crippen LogP contribution in [0.4, 0.5) is 0 Å². The average Bonchev–Trinajstić information content (AvgIpc) is 3.12. The SMILES string of the molecule is CC(C)[C@H](CO)N1C(=O)[C@@H]2[C@H]3C(=O)OCC=C[C@H]3O[C@@]23C=CCN(Cc2ccccc2)C(=O)C13. The summed E-state index contributed by atoms with van der Waals surface area (Å²) in [7, 11) is 0. The minimum Gasteiger partial charge on any atom is -0.461 e. The Morgan fingerprint density at radius 2 is 1.88 bits per heavy atom. The number of fused-ring (bicyclic) bond motifs is 2. The van der Waals surface area contributed by atoms with E-state index in [0.717, 1.165) is 5.56 Å². The van der Waals surface area contributed by atoms with Gasteiger partial charge in [-0.15, -0.1) is 0 Å². The van der Waals surface area contributed by atoms with Crippen molar-refractivity contribution in [3.8, 4) is 0 Å². The molecule has 6 atom stereocenters. The molecule has 180 valence electrons. The highest BCUT2D eigenvalue weighted by Gasteiger charge is 2.72. The second-order valence-corrected chi connectivity index (χ2v) is 9.75. The van der Waals surface area contributed by atoms with Gasteiger partial charge in [0.05, 0.1) is 24.7 Å². The Balaban J connectivity index is 1.61. The number of cyclic esters (lactones) is 1. The molecule has 34 heavy (non-hydrogen) atoms. The van der Waals surface area contributed by atoms with Gasteiger partial charge in [-0.05, 0) is 17.6 Å². The molecule has 4 aliphatic rings. The van der Waals surface area contributed by atoms with E-state index >= 15 is 0 Å². The van der Waals surface area contributed by atoms with Crippen molar-refractivity contribution in [3.05, 3.63) is 60.2 Å². The van der Waals surface area contributed by atoms with Crippen molar-refractivity contribution in [1.82, 2.24) is 9.80 Å². The molecule has 4 heterocycles. The molecule has 1 spiro atoms. The van der Waals surface area contributed by atoms with Crippen LogP contribution in [-0.4, -0.2) is 76.2 Å². The summed E-state index contributed by atoms with van der Waals surface area (Å²) in [6.07, 6.45) is 6.47. The third kappa shape index (κ3) is 3.39. The Morgan fingerprint density at radius 1 is 1.12 bits per heavy atom. The lowest BCUT2D eigenvalue weighted by molar-refractivity contribution is -0.155. The first-order valence-corrected chi connectivity index (χ1v) is 11.8. The van der Waals surface area contributed by atoms with Crippen molar-refractivity contribution in [3.63, 3.8) is 0 Å². The van der Waals surface area contributed by atoms with E-state index in [2.05, 4.69) is 0 Å². The van der Waals surface area contributed by atoms with Gasteiger partial charge >= 0.3 is 5.97 Å². The molecule has 0 aliphatic carbocycles. The zero-order valence-electron chi connectivity index (χ0n) is 19.4. The van der Waals surface area contributed by atoms with E-state index in [1.54, 1.807) is 23.1 Å². The molecule has 0 saturated carbocycles. The lowest BCUT2D eigenvalue weighted by Crippen LogP contribution is -2.59. The van der Waals surface area contributed by atoms with E-state index in [4.69, 9.17) is 9.47 Å². The van der Waals surface area contributed by atoms with Crippen LogP contribution in [0.3, 0.4) is 0 Å². The number of hydrogen-bond donors (Lipinski definition) is 1. The summed E-state index contributed by atoms with van der Waals surface area (Å²) in [5.41, 5.74) is -0.336. The average molecular weight is 467 g/mol. The number of carbonyl (C=O) groups excluding carboxylic acids is 3. The molecule has 1 aromatic rings. The molecule has 1 N–H and O–H groups in total. The molecule has 1 aromatic carbocycles. The molecule has 8 nitrogen and oxygen atoms in total. The molecule has 0 aromatic heterocycles. The number of ether oxygens (including phenoxy) is 2. The number of esters is 1. The van der Waals surface area contributed by atoms with Gasteiger partial charge in [0.1, 0.15) is 24.2 Å². The smallest absolute Gasteiger partial charge is 0.313 e. The number of carbonyl (C=O) groups is 3. The minimum atomic E-state index is -1.31. The first-order chi connectivity index (χ1) is 16.4. The molecule has 2 saturated heterocycles. The summed E-state index contributed by atoms with van der Waals surface area (Å²) in [5, 5.41) is 10.2. The number of aliphatic hydroxyl groups excluding tert-OH is 1. The van der Waals surface area contributed by atoms with Crippen LogP contribution in [0.15, 0.2) is 54.6 Å². The van der Waals surface area contributed by atoms with Gasteiger partial charge < -0.3 is 24.4 Å². The van der Waals surface area contributed by atoms with Crippen LogP contribution >= 0.6 is 0 Å². The second-order valence-electron chi connectivity index (χ2n) is 9.75. The number of nitrogens with zero attached hydrogens (tertiary/aromatic N) is 2. The summed E-state index contributed by atoms with van der Waals surface area (Å²) in [5.74, 6) is -2.95. The van der Waals surface area contributed by atoms with Crippen molar-refractivity contribution < 1.29 is 29.0 Å². The van der Waals surface area contributed by atoms with E-state index in [9.17, 15) is 19.5 Å². The summed E-state index contributed by atoms with van der Waals surface area (Å²) < 4.78 is 11.8. The van der Waals surface area contributed by atoms with Crippen LogP contribution in [0.5, 0.6) is 0 Å². The largest absolute Gasteiger partial charge is 0.461 e. The molecular formula is C26H30N2O6. The van der Waals surface area contributed by atoms with Gasteiger partial charge in [0, 0.05) is 13.1 Å². The van der Waals surface area contributed by atoms with E-state index < -0.39 is 41.6 Å². The molecule has 2 fully saturated rings. The third-order valence-corrected chi connectivity index (χ3v) is 7.47. The maximum Gasteiger partial charge on any atom is 0.313 e. The summed E-state index contributed by atoms with van der Waals surface area (Å²) in [6, 6.07) is 8.09. The Hall–Kier alpha value is -2.97. The third-order valence-electron chi connectivity index (χ3n) is 7.47. The minimum absolute atomic E-state index is 0.107. The zero-order valence-corrected chi connectivity index (χ0v) is 19.4. The molecule has 8 heteroatoms. The van der Waals surface area contributed by atoms with Gasteiger partial charge in [0.25, 0.3) is 0 Å². The molecular weight excluding hydrogens is 436 g/mol. The predicted octanol–water partition coefficient (Wildman–Crippen LogP) is 1.30. The van der Waals surface area contributed by atoms with Crippen molar-refractivity contribution in [2.75, 3.05) is 19.8 Å². The highest BCUT2D eigenvalue weighted by Crippen LogP contribution is 2.54. The molecule has 4 aliphatic heterocycles. The van der Waals surface area contributed by atoms with Crippen molar-refractivity contribution in [2.45, 2.75) is 44.2 Å². The number of amides is 2. The summed E-state index contributed by atoms with van der Waals surface area (Å²) in [4.78, 5) is 44.2. The Labute approximate surface area is 198 Å². The molecule has 1 unspecified atom stereocenters. The molecule has 5 rings (SSSR count). The van der Waals surface area contributed by atoms with E-state index in [0.29, 0.717) is 13.1 Å². The first-order valence-electron chi connectivity index (χ1n) is 11.8. The Kier molecular flexibility index (Phi) is 5.81. The van der Waals surface area contributed by atoms with E-state index in [-0.39, 0.29) is 30.9 Å². The van der Waals surface area contributed by atoms with Gasteiger partial charge in [-0.2, -0.15) is 0 Å². The van der Waals surface area contributed by atoms with E-state index in [1.807, 2.05) is 50.3 Å². The summed E-state index contributed by atoms with van der Waals surface area (Å²) >= 11 is 0. The maximum atomic E-state index is 14.1. The van der Waals surface area contributed by atoms with Crippen LogP contribution in [0.25, 0.3) is 0 Å². The number of hydrogen-bond acceptors (Lipinski definition) is 6. The normalized spacial score (nSPS) is 33.4. The number of rotatable bonds is 5. The Bertz CT molecular complexity index is 1040. The maximum absolute atomic E-state index is 14.1. The van der Waals surface area contributed by atoms with Crippen LogP contribution in [-0.2, 0) is 30.4 Å². The van der Waals surface area contributed by atoms with Crippen molar-refractivity contribution in [2.24, 2.45) is 17.8 Å². The number of aliphatic hydroxyl groups is 1. The van der Waals surface area contributed by atoms with Crippen molar-refractivity contribution in [1.29, 1.82) is 0 Å². The lowest BCUT2D eigenvalue weighted by atomic mass is 9.78. The molecule has 0 radical (unpaired) electrons. The highest BCUT2D eigenvalue weighted by molar-refractivity contribution is 5.99. The van der Waals surface area contributed by atoms with Gasteiger partial charge in [0.15, 0.2) is 0 Å². The van der Waals surface area contributed by atoms with Crippen LogP contribution < -0.4 is 0 Å². The standard InChI is InChI=1S/C26H30N2O6/c1-16(2)18(15-29)28-22-24(31)27(14-17-8-4-3-5-9-17)12-7-11-26(22)21(23(28)30)20-19(34-26)10-6-13-33-25(20)32/h3-11,16,18-22,29H,12-15H2,1-2H3/t18-,19+,20-,21-,22?,26-/m0/s1. The van der Waals surface area contributed by atoms with Gasteiger partial charge in [-0.25, -0.2) is 0 Å². The zero-order chi connectivity index (χ0) is 24.0. The number of benzene rings is 1. The molecule has 2 amide bonds. The van der Waals surface area contributed by atoms with Crippen LogP contribution in [0, 0.1) is 17.8 Å². The fourth-order valence-corrected chi connectivity index (χ4v) is 5.88. The second kappa shape index (κ2) is 8.67. The van der Waals surface area contributed by atoms with Gasteiger partial charge in [-0.1, -0.05) is 62.4 Å². The highest BCUT2D eigenvalue weighted by atomic mass is 16.6.